The van der Waals surface area contributed by atoms with Crippen LogP contribution in [-0.4, -0.2) is 12.7 Å². The van der Waals surface area contributed by atoms with Crippen LogP contribution in [0.2, 0.25) is 0 Å². The minimum absolute atomic E-state index is 0.319. The van der Waals surface area contributed by atoms with Gasteiger partial charge in [0.05, 0.1) is 12.1 Å². The molecule has 1 aliphatic carbocycles. The standard InChI is InChI=1S/C14H15NO2/c16-10-15-14(7-1-2-8-14)12-4-3-5-13-11(12)6-9-17-13/h3-5H,1-2,6-9H2. The smallest absolute Gasteiger partial charge is 0.235 e. The highest BCUT2D eigenvalue weighted by molar-refractivity contribution is 5.48. The molecule has 1 aliphatic heterocycles. The maximum atomic E-state index is 10.7. The van der Waals surface area contributed by atoms with E-state index in [2.05, 4.69) is 11.1 Å². The normalized spacial score (nSPS) is 20.5. The summed E-state index contributed by atoms with van der Waals surface area (Å²) in [5.41, 5.74) is 2.11. The lowest BCUT2D eigenvalue weighted by Gasteiger charge is -2.25. The lowest BCUT2D eigenvalue weighted by atomic mass is 9.85. The van der Waals surface area contributed by atoms with Gasteiger partial charge in [-0.3, -0.25) is 0 Å². The summed E-state index contributed by atoms with van der Waals surface area (Å²) in [5, 5.41) is 0. The Balaban J connectivity index is 2.14. The third-order valence-electron chi connectivity index (χ3n) is 3.93. The molecule has 2 aliphatic rings. The highest BCUT2D eigenvalue weighted by atomic mass is 16.5. The molecule has 1 fully saturated rings. The second-order valence-electron chi connectivity index (χ2n) is 4.82. The molecule has 0 N–H and O–H groups in total. The number of hydrogen-bond donors (Lipinski definition) is 0. The molecule has 1 aromatic rings. The van der Waals surface area contributed by atoms with Crippen LogP contribution in [0, 0.1) is 0 Å². The molecule has 0 bridgehead atoms. The Morgan fingerprint density at radius 2 is 2.12 bits per heavy atom. The van der Waals surface area contributed by atoms with Crippen molar-refractivity contribution in [3.63, 3.8) is 0 Å². The highest BCUT2D eigenvalue weighted by Gasteiger charge is 2.38. The number of aliphatic imine (C=N–C) groups is 1. The van der Waals surface area contributed by atoms with Gasteiger partial charge in [-0.1, -0.05) is 25.0 Å². The van der Waals surface area contributed by atoms with Crippen LogP contribution in [-0.2, 0) is 16.8 Å². The fourth-order valence-corrected chi connectivity index (χ4v) is 3.15. The Kier molecular flexibility index (Phi) is 2.49. The molecule has 3 nitrogen and oxygen atoms in total. The molecule has 0 amide bonds. The van der Waals surface area contributed by atoms with Crippen molar-refractivity contribution in [2.24, 2.45) is 4.99 Å². The average Bonchev–Trinajstić information content (AvgIpc) is 2.97. The predicted octanol–water partition coefficient (Wildman–Crippen LogP) is 2.73. The van der Waals surface area contributed by atoms with E-state index in [0.29, 0.717) is 0 Å². The maximum absolute atomic E-state index is 10.7. The van der Waals surface area contributed by atoms with Crippen molar-refractivity contribution in [2.45, 2.75) is 37.6 Å². The van der Waals surface area contributed by atoms with Gasteiger partial charge >= 0.3 is 0 Å². The minimum Gasteiger partial charge on any atom is -0.493 e. The lowest BCUT2D eigenvalue weighted by molar-refractivity contribution is 0.357. The molecule has 0 radical (unpaired) electrons. The topological polar surface area (TPSA) is 38.7 Å². The van der Waals surface area contributed by atoms with E-state index in [0.717, 1.165) is 44.5 Å². The maximum Gasteiger partial charge on any atom is 0.235 e. The summed E-state index contributed by atoms with van der Waals surface area (Å²) in [6.45, 7) is 0.743. The van der Waals surface area contributed by atoms with Crippen molar-refractivity contribution in [3.05, 3.63) is 29.3 Å². The molecule has 1 heterocycles. The molecule has 0 spiro atoms. The molecule has 1 aromatic carbocycles. The van der Waals surface area contributed by atoms with Crippen molar-refractivity contribution >= 4 is 6.08 Å². The van der Waals surface area contributed by atoms with Gasteiger partial charge in [-0.25, -0.2) is 4.79 Å². The zero-order valence-electron chi connectivity index (χ0n) is 9.74. The summed E-state index contributed by atoms with van der Waals surface area (Å²) < 4.78 is 5.58. The quantitative estimate of drug-likeness (QED) is 0.577. The van der Waals surface area contributed by atoms with Crippen LogP contribution in [0.4, 0.5) is 0 Å². The van der Waals surface area contributed by atoms with E-state index in [1.54, 1.807) is 6.08 Å². The van der Waals surface area contributed by atoms with Gasteiger partial charge in [-0.2, -0.15) is 4.99 Å². The molecule has 0 unspecified atom stereocenters. The minimum atomic E-state index is -0.319. The molecular weight excluding hydrogens is 214 g/mol. The summed E-state index contributed by atoms with van der Waals surface area (Å²) in [6, 6.07) is 6.10. The zero-order chi connectivity index (χ0) is 11.7. The summed E-state index contributed by atoms with van der Waals surface area (Å²) in [5.74, 6) is 0.967. The summed E-state index contributed by atoms with van der Waals surface area (Å²) >= 11 is 0. The predicted molar refractivity (Wildman–Crippen MR) is 63.9 cm³/mol. The molecule has 0 saturated heterocycles. The Hall–Kier alpha value is -1.60. The molecule has 3 rings (SSSR count). The van der Waals surface area contributed by atoms with E-state index >= 15 is 0 Å². The summed E-state index contributed by atoms with van der Waals surface area (Å²) in [7, 11) is 0. The third kappa shape index (κ3) is 1.58. The first-order chi connectivity index (χ1) is 8.36. The number of benzene rings is 1. The van der Waals surface area contributed by atoms with E-state index in [9.17, 15) is 4.79 Å². The SMILES string of the molecule is O=C=NC1(c2cccc3c2CCO3)CCCC1. The first-order valence-electron chi connectivity index (χ1n) is 6.20. The lowest BCUT2D eigenvalue weighted by Crippen LogP contribution is -2.20. The van der Waals surface area contributed by atoms with Crippen LogP contribution in [0.1, 0.15) is 36.8 Å². The zero-order valence-corrected chi connectivity index (χ0v) is 9.74. The number of nitrogens with zero attached hydrogens (tertiary/aromatic N) is 1. The monoisotopic (exact) mass is 229 g/mol. The number of carbonyl (C=O) groups excluding carboxylic acids is 1. The summed E-state index contributed by atoms with van der Waals surface area (Å²) in [4.78, 5) is 14.9. The van der Waals surface area contributed by atoms with Crippen LogP contribution in [0.25, 0.3) is 0 Å². The molecule has 0 atom stereocenters. The second-order valence-corrected chi connectivity index (χ2v) is 4.82. The van der Waals surface area contributed by atoms with Crippen LogP contribution in [0.15, 0.2) is 23.2 Å². The Labute approximate surface area is 101 Å². The van der Waals surface area contributed by atoms with Gasteiger partial charge in [0.25, 0.3) is 0 Å². The molecule has 88 valence electrons. The number of hydrogen-bond acceptors (Lipinski definition) is 3. The van der Waals surface area contributed by atoms with Crippen molar-refractivity contribution in [3.8, 4) is 5.75 Å². The fraction of sp³-hybridized carbons (Fsp3) is 0.500. The Morgan fingerprint density at radius 1 is 1.29 bits per heavy atom. The van der Waals surface area contributed by atoms with E-state index < -0.39 is 0 Å². The van der Waals surface area contributed by atoms with Crippen LogP contribution < -0.4 is 4.74 Å². The van der Waals surface area contributed by atoms with Crippen molar-refractivity contribution in [1.82, 2.24) is 0 Å². The first-order valence-corrected chi connectivity index (χ1v) is 6.20. The fourth-order valence-electron chi connectivity index (χ4n) is 3.15. The third-order valence-corrected chi connectivity index (χ3v) is 3.93. The van der Waals surface area contributed by atoms with Crippen LogP contribution in [0.3, 0.4) is 0 Å². The number of rotatable bonds is 2. The Morgan fingerprint density at radius 3 is 2.88 bits per heavy atom. The van der Waals surface area contributed by atoms with Crippen molar-refractivity contribution in [2.75, 3.05) is 6.61 Å². The molecule has 1 saturated carbocycles. The molecule has 3 heteroatoms. The van der Waals surface area contributed by atoms with E-state index in [4.69, 9.17) is 4.74 Å². The van der Waals surface area contributed by atoms with E-state index in [1.165, 1.54) is 11.1 Å². The first kappa shape index (κ1) is 10.5. The number of fused-ring (bicyclic) bond motifs is 1. The van der Waals surface area contributed by atoms with Crippen molar-refractivity contribution in [1.29, 1.82) is 0 Å². The highest BCUT2D eigenvalue weighted by Crippen LogP contribution is 2.46. The van der Waals surface area contributed by atoms with E-state index in [-0.39, 0.29) is 5.54 Å². The van der Waals surface area contributed by atoms with Gasteiger partial charge < -0.3 is 4.74 Å². The van der Waals surface area contributed by atoms with E-state index in [1.807, 2.05) is 12.1 Å². The van der Waals surface area contributed by atoms with Gasteiger partial charge in [0.2, 0.25) is 6.08 Å². The average molecular weight is 229 g/mol. The summed E-state index contributed by atoms with van der Waals surface area (Å²) in [6.07, 6.45) is 6.89. The van der Waals surface area contributed by atoms with Crippen molar-refractivity contribution < 1.29 is 9.53 Å². The van der Waals surface area contributed by atoms with Gasteiger partial charge in [0, 0.05) is 12.0 Å². The molecular formula is C14H15NO2. The molecule has 0 aromatic heterocycles. The van der Waals surface area contributed by atoms with Crippen LogP contribution in [0.5, 0.6) is 5.75 Å². The second kappa shape index (κ2) is 4.01. The Bertz CT molecular complexity index is 483. The largest absolute Gasteiger partial charge is 0.493 e. The van der Waals surface area contributed by atoms with Gasteiger partial charge in [0.15, 0.2) is 0 Å². The number of ether oxygens (including phenoxy) is 1. The molecule has 17 heavy (non-hydrogen) atoms. The van der Waals surface area contributed by atoms with Gasteiger partial charge in [-0.05, 0) is 24.5 Å². The number of isocyanates is 1. The van der Waals surface area contributed by atoms with Crippen LogP contribution >= 0.6 is 0 Å². The van der Waals surface area contributed by atoms with Gasteiger partial charge in [0.1, 0.15) is 5.75 Å². The van der Waals surface area contributed by atoms with Gasteiger partial charge in [-0.15, -0.1) is 0 Å².